The summed E-state index contributed by atoms with van der Waals surface area (Å²) in [6.45, 7) is 1.43. The van der Waals surface area contributed by atoms with Crippen LogP contribution in [-0.4, -0.2) is 35.5 Å². The van der Waals surface area contributed by atoms with Gasteiger partial charge in [-0.15, -0.1) is 0 Å². The van der Waals surface area contributed by atoms with Gasteiger partial charge in [0.15, 0.2) is 0 Å². The van der Waals surface area contributed by atoms with E-state index in [1.807, 2.05) is 66.7 Å². The van der Waals surface area contributed by atoms with Crippen molar-refractivity contribution < 1.29 is 9.58 Å². The molecule has 1 aliphatic heterocycles. The summed E-state index contributed by atoms with van der Waals surface area (Å²) < 4.78 is 0. The number of hydrogen-bond donors (Lipinski definition) is 0. The van der Waals surface area contributed by atoms with E-state index in [0.717, 1.165) is 11.4 Å². The molecule has 0 spiro atoms. The summed E-state index contributed by atoms with van der Waals surface area (Å²) in [5, 5.41) is 0. The van der Waals surface area contributed by atoms with Crippen LogP contribution < -0.4 is 9.80 Å². The zero-order chi connectivity index (χ0) is 19.3. The number of hydrogen-bond acceptors (Lipinski definition) is 3. The maximum atomic E-state index is 13.2. The second kappa shape index (κ2) is 7.91. The third-order valence-electron chi connectivity index (χ3n) is 4.97. The highest BCUT2D eigenvalue weighted by Gasteiger charge is 2.44. The van der Waals surface area contributed by atoms with E-state index in [9.17, 15) is 10.3 Å². The van der Waals surface area contributed by atoms with Crippen LogP contribution in [0.4, 0.5) is 11.4 Å². The van der Waals surface area contributed by atoms with Crippen LogP contribution in [0.1, 0.15) is 10.4 Å². The van der Waals surface area contributed by atoms with E-state index in [1.54, 1.807) is 24.3 Å². The number of ketones is 1. The van der Waals surface area contributed by atoms with Crippen LogP contribution in [0, 0.1) is 0 Å². The van der Waals surface area contributed by atoms with Gasteiger partial charge in [-0.25, -0.2) is 0 Å². The van der Waals surface area contributed by atoms with E-state index < -0.39 is 6.17 Å². The summed E-state index contributed by atoms with van der Waals surface area (Å²) in [5.41, 5.74) is 12.4. The molecule has 1 heterocycles. The lowest BCUT2D eigenvalue weighted by Crippen LogP contribution is -2.49. The number of Topliss-reactive ketones (excluding diaryl/α,β-unsaturated/α-hetero) is 1. The summed E-state index contributed by atoms with van der Waals surface area (Å²) in [6, 6.07) is 28.7. The highest BCUT2D eigenvalue weighted by molar-refractivity contribution is 6.46. The molecule has 0 amide bonds. The minimum absolute atomic E-state index is 0.108. The average Bonchev–Trinajstić information content (AvgIpc) is 3.21. The molecule has 5 heteroatoms. The van der Waals surface area contributed by atoms with Gasteiger partial charge in [0.25, 0.3) is 5.78 Å². The molecule has 0 bridgehead atoms. The second-order valence-corrected chi connectivity index (χ2v) is 6.61. The third-order valence-corrected chi connectivity index (χ3v) is 4.97. The molecular weight excluding hydrogens is 348 g/mol. The molecule has 1 fully saturated rings. The lowest BCUT2D eigenvalue weighted by molar-refractivity contribution is -0.0103. The first-order chi connectivity index (χ1) is 13.8. The summed E-state index contributed by atoms with van der Waals surface area (Å²) in [6.07, 6.45) is -0.498. The van der Waals surface area contributed by atoms with Crippen LogP contribution in [0.3, 0.4) is 0 Å². The first kappa shape index (κ1) is 17.7. The van der Waals surface area contributed by atoms with Crippen LogP contribution >= 0.6 is 0 Å². The SMILES string of the molecule is [N-]=[N+]=C(C(=O)c1ccccc1)C1N(c2ccccc2)CCN1c1ccccc1. The van der Waals surface area contributed by atoms with Crippen molar-refractivity contribution in [1.29, 1.82) is 0 Å². The van der Waals surface area contributed by atoms with Crippen LogP contribution in [0.25, 0.3) is 5.53 Å². The quantitative estimate of drug-likeness (QED) is 0.297. The molecule has 28 heavy (non-hydrogen) atoms. The molecule has 0 N–H and O–H groups in total. The molecule has 4 rings (SSSR count). The Morgan fingerprint density at radius 1 is 0.750 bits per heavy atom. The van der Waals surface area contributed by atoms with Crippen molar-refractivity contribution in [3.05, 3.63) is 102 Å². The van der Waals surface area contributed by atoms with Crippen molar-refractivity contribution in [3.8, 4) is 0 Å². The maximum Gasteiger partial charge on any atom is 0.381 e. The Morgan fingerprint density at radius 3 is 1.61 bits per heavy atom. The zero-order valence-electron chi connectivity index (χ0n) is 15.3. The number of carbonyl (C=O) groups excluding carboxylic acids is 1. The average molecular weight is 368 g/mol. The fraction of sp³-hybridized carbons (Fsp3) is 0.130. The van der Waals surface area contributed by atoms with Crippen molar-refractivity contribution in [1.82, 2.24) is 0 Å². The van der Waals surface area contributed by atoms with Gasteiger partial charge in [0, 0.05) is 30.0 Å². The number of para-hydroxylation sites is 2. The Bertz CT molecular complexity index is 951. The van der Waals surface area contributed by atoms with Gasteiger partial charge in [-0.1, -0.05) is 66.7 Å². The smallest absolute Gasteiger partial charge is 0.361 e. The van der Waals surface area contributed by atoms with Gasteiger partial charge in [0.2, 0.25) is 6.17 Å². The minimum Gasteiger partial charge on any atom is -0.361 e. The Kier molecular flexibility index (Phi) is 5.00. The number of benzene rings is 3. The topological polar surface area (TPSA) is 60.0 Å². The normalized spacial score (nSPS) is 14.0. The largest absolute Gasteiger partial charge is 0.381 e. The molecule has 1 saturated heterocycles. The highest BCUT2D eigenvalue weighted by Crippen LogP contribution is 2.29. The Balaban J connectivity index is 1.78. The monoisotopic (exact) mass is 368 g/mol. The molecule has 5 nitrogen and oxygen atoms in total. The molecule has 0 atom stereocenters. The van der Waals surface area contributed by atoms with Crippen molar-refractivity contribution in [2.24, 2.45) is 0 Å². The van der Waals surface area contributed by atoms with Crippen molar-refractivity contribution in [3.63, 3.8) is 0 Å². The molecule has 3 aromatic carbocycles. The van der Waals surface area contributed by atoms with Crippen LogP contribution in [0.5, 0.6) is 0 Å². The van der Waals surface area contributed by atoms with E-state index in [0.29, 0.717) is 18.7 Å². The van der Waals surface area contributed by atoms with Crippen molar-refractivity contribution in [2.75, 3.05) is 22.9 Å². The van der Waals surface area contributed by atoms with Crippen molar-refractivity contribution >= 4 is 22.9 Å². The molecule has 0 unspecified atom stereocenters. The van der Waals surface area contributed by atoms with E-state index in [4.69, 9.17) is 0 Å². The van der Waals surface area contributed by atoms with Gasteiger partial charge in [0.1, 0.15) is 0 Å². The number of nitrogens with zero attached hydrogens (tertiary/aromatic N) is 4. The summed E-state index contributed by atoms with van der Waals surface area (Å²) in [5.74, 6) is -0.281. The van der Waals surface area contributed by atoms with Gasteiger partial charge < -0.3 is 15.3 Å². The zero-order valence-corrected chi connectivity index (χ0v) is 15.3. The molecule has 138 valence electrons. The lowest BCUT2D eigenvalue weighted by Gasteiger charge is -2.29. The molecule has 0 saturated carbocycles. The molecule has 3 aromatic rings. The van der Waals surface area contributed by atoms with Crippen molar-refractivity contribution in [2.45, 2.75) is 6.17 Å². The fourth-order valence-corrected chi connectivity index (χ4v) is 3.65. The Labute approximate surface area is 164 Å². The van der Waals surface area contributed by atoms with E-state index in [-0.39, 0.29) is 11.5 Å². The minimum atomic E-state index is -0.498. The van der Waals surface area contributed by atoms with Gasteiger partial charge >= 0.3 is 5.71 Å². The van der Waals surface area contributed by atoms with E-state index in [2.05, 4.69) is 14.6 Å². The Morgan fingerprint density at radius 2 is 1.18 bits per heavy atom. The summed E-state index contributed by atoms with van der Waals surface area (Å²) in [7, 11) is 0. The molecule has 0 radical (unpaired) electrons. The predicted octanol–water partition coefficient (Wildman–Crippen LogP) is 3.89. The highest BCUT2D eigenvalue weighted by atomic mass is 16.1. The first-order valence-corrected chi connectivity index (χ1v) is 9.24. The van der Waals surface area contributed by atoms with Gasteiger partial charge in [0.05, 0.1) is 0 Å². The number of carbonyl (C=O) groups is 1. The lowest BCUT2D eigenvalue weighted by atomic mass is 10.0. The maximum absolute atomic E-state index is 13.2. The molecule has 0 aromatic heterocycles. The van der Waals surface area contributed by atoms with Crippen LogP contribution in [0.15, 0.2) is 91.0 Å². The van der Waals surface area contributed by atoms with Gasteiger partial charge in [-0.3, -0.25) is 4.79 Å². The van der Waals surface area contributed by atoms with E-state index in [1.165, 1.54) is 0 Å². The first-order valence-electron chi connectivity index (χ1n) is 9.24. The van der Waals surface area contributed by atoms with Crippen LogP contribution in [-0.2, 0) is 0 Å². The predicted molar refractivity (Wildman–Crippen MR) is 111 cm³/mol. The van der Waals surface area contributed by atoms with Gasteiger partial charge in [-0.2, -0.15) is 4.79 Å². The molecular formula is C23H20N4O. The van der Waals surface area contributed by atoms with Gasteiger partial charge in [-0.05, 0) is 24.3 Å². The summed E-state index contributed by atoms with van der Waals surface area (Å²) >= 11 is 0. The second-order valence-electron chi connectivity index (χ2n) is 6.61. The fourth-order valence-electron chi connectivity index (χ4n) is 3.65. The standard InChI is InChI=1S/C23H20N4O/c24-25-21(22(28)18-10-4-1-5-11-18)23-26(19-12-6-2-7-13-19)16-17-27(23)20-14-8-3-9-15-20/h1-15,23H,16-17H2. The summed E-state index contributed by atoms with van der Waals surface area (Å²) in [4.78, 5) is 20.9. The third kappa shape index (κ3) is 3.31. The van der Waals surface area contributed by atoms with E-state index >= 15 is 0 Å². The Hall–Kier alpha value is -3.69. The molecule has 1 aliphatic rings. The molecule has 0 aliphatic carbocycles. The van der Waals surface area contributed by atoms with Crippen LogP contribution in [0.2, 0.25) is 0 Å². The number of rotatable bonds is 5. The number of anilines is 2.